The van der Waals surface area contributed by atoms with Crippen molar-refractivity contribution >= 4 is 17.3 Å². The van der Waals surface area contributed by atoms with Gasteiger partial charge in [0.05, 0.1) is 13.2 Å². The lowest BCUT2D eigenvalue weighted by Crippen LogP contribution is -2.26. The monoisotopic (exact) mass is 231 g/mol. The number of rotatable bonds is 4. The Hall–Kier alpha value is -0.950. The lowest BCUT2D eigenvalue weighted by molar-refractivity contribution is 0.0265. The molecule has 0 radical (unpaired) electrons. The van der Waals surface area contributed by atoms with E-state index in [0.717, 1.165) is 11.3 Å². The molecule has 0 saturated heterocycles. The van der Waals surface area contributed by atoms with Gasteiger partial charge in [0, 0.05) is 11.4 Å². The van der Waals surface area contributed by atoms with Crippen molar-refractivity contribution in [1.82, 2.24) is 0 Å². The van der Waals surface area contributed by atoms with Crippen molar-refractivity contribution in [3.63, 3.8) is 0 Å². The van der Waals surface area contributed by atoms with Crippen molar-refractivity contribution in [3.8, 4) is 0 Å². The molecule has 0 aliphatic carbocycles. The summed E-state index contributed by atoms with van der Waals surface area (Å²) in [6.07, 6.45) is -2.08. The Labute approximate surface area is 91.1 Å². The molecule has 0 spiro atoms. The lowest BCUT2D eigenvalue weighted by Gasteiger charge is -2.13. The fourth-order valence-electron chi connectivity index (χ4n) is 1.04. The number of carbonyl (C=O) groups is 1. The molecule has 2 atom stereocenters. The molecule has 2 unspecified atom stereocenters. The van der Waals surface area contributed by atoms with Crippen LogP contribution < -0.4 is 5.73 Å². The number of esters is 1. The first-order valence-electron chi connectivity index (χ1n) is 4.34. The van der Waals surface area contributed by atoms with Crippen LogP contribution >= 0.6 is 11.3 Å². The Morgan fingerprint density at radius 1 is 1.60 bits per heavy atom. The van der Waals surface area contributed by atoms with Gasteiger partial charge in [-0.15, -0.1) is 11.3 Å². The van der Waals surface area contributed by atoms with Gasteiger partial charge < -0.3 is 20.7 Å². The van der Waals surface area contributed by atoms with Gasteiger partial charge in [-0.2, -0.15) is 0 Å². The van der Waals surface area contributed by atoms with Gasteiger partial charge in [-0.3, -0.25) is 0 Å². The molecule has 0 saturated carbocycles. The number of thiophene rings is 1. The Balaban J connectivity index is 2.79. The standard InChI is InChI=1S/C9H13NO4S/c1-14-9(13)7-3-2-6(15-7)8(12)5(11)4-10/h2-3,5,8,11-12H,4,10H2,1H3. The molecule has 6 heteroatoms. The molecule has 1 heterocycles. The van der Waals surface area contributed by atoms with Gasteiger partial charge >= 0.3 is 5.97 Å². The van der Waals surface area contributed by atoms with Crippen LogP contribution in [0.1, 0.15) is 20.7 Å². The van der Waals surface area contributed by atoms with Crippen molar-refractivity contribution in [2.75, 3.05) is 13.7 Å². The first kappa shape index (κ1) is 12.1. The molecular weight excluding hydrogens is 218 g/mol. The van der Waals surface area contributed by atoms with Crippen LogP contribution in [-0.4, -0.2) is 35.9 Å². The van der Waals surface area contributed by atoms with Crippen molar-refractivity contribution < 1.29 is 19.7 Å². The lowest BCUT2D eigenvalue weighted by atomic mass is 10.2. The zero-order valence-electron chi connectivity index (χ0n) is 8.21. The van der Waals surface area contributed by atoms with Crippen LogP contribution in [0.2, 0.25) is 0 Å². The number of nitrogens with two attached hydrogens (primary N) is 1. The molecule has 0 bridgehead atoms. The Morgan fingerprint density at radius 2 is 2.27 bits per heavy atom. The van der Waals surface area contributed by atoms with Gasteiger partial charge in [0.15, 0.2) is 0 Å². The summed E-state index contributed by atoms with van der Waals surface area (Å²) >= 11 is 1.08. The second-order valence-electron chi connectivity index (χ2n) is 2.94. The van der Waals surface area contributed by atoms with E-state index in [1.54, 1.807) is 6.07 Å². The van der Waals surface area contributed by atoms with Crippen molar-refractivity contribution in [2.24, 2.45) is 5.73 Å². The van der Waals surface area contributed by atoms with E-state index in [-0.39, 0.29) is 6.54 Å². The minimum Gasteiger partial charge on any atom is -0.465 e. The minimum absolute atomic E-state index is 0.0351. The van der Waals surface area contributed by atoms with Crippen molar-refractivity contribution in [3.05, 3.63) is 21.9 Å². The summed E-state index contributed by atoms with van der Waals surface area (Å²) in [4.78, 5) is 12.0. The number of aliphatic hydroxyl groups is 2. The van der Waals surface area contributed by atoms with Crippen LogP contribution in [0.5, 0.6) is 0 Å². The summed E-state index contributed by atoms with van der Waals surface area (Å²) in [5.74, 6) is -0.458. The van der Waals surface area contributed by atoms with Gasteiger partial charge in [-0.1, -0.05) is 0 Å². The third-order valence-electron chi connectivity index (χ3n) is 1.91. The van der Waals surface area contributed by atoms with E-state index in [1.807, 2.05) is 0 Å². The van der Waals surface area contributed by atoms with Crippen LogP contribution in [0.3, 0.4) is 0 Å². The van der Waals surface area contributed by atoms with Crippen molar-refractivity contribution in [1.29, 1.82) is 0 Å². The number of ether oxygens (including phenoxy) is 1. The highest BCUT2D eigenvalue weighted by atomic mass is 32.1. The Kier molecular flexibility index (Phi) is 4.22. The van der Waals surface area contributed by atoms with E-state index in [2.05, 4.69) is 4.74 Å². The van der Waals surface area contributed by atoms with Crippen LogP contribution in [0.15, 0.2) is 12.1 Å². The molecule has 1 aromatic heterocycles. The molecule has 84 valence electrons. The quantitative estimate of drug-likeness (QED) is 0.629. The molecule has 0 aliphatic heterocycles. The SMILES string of the molecule is COC(=O)c1ccc(C(O)C(O)CN)s1. The van der Waals surface area contributed by atoms with Crippen LogP contribution in [-0.2, 0) is 4.74 Å². The van der Waals surface area contributed by atoms with E-state index in [9.17, 15) is 15.0 Å². The summed E-state index contributed by atoms with van der Waals surface area (Å²) < 4.78 is 4.52. The number of aliphatic hydroxyl groups excluding tert-OH is 2. The number of hydrogen-bond donors (Lipinski definition) is 3. The van der Waals surface area contributed by atoms with E-state index in [0.29, 0.717) is 9.75 Å². The molecule has 4 N–H and O–H groups in total. The summed E-state index contributed by atoms with van der Waals surface area (Å²) in [6, 6.07) is 3.11. The predicted octanol–water partition coefficient (Wildman–Crippen LogP) is -0.112. The normalized spacial score (nSPS) is 14.7. The number of methoxy groups -OCH3 is 1. The average Bonchev–Trinajstić information content (AvgIpc) is 2.75. The first-order chi connectivity index (χ1) is 7.10. The molecule has 1 rings (SSSR count). The minimum atomic E-state index is -1.06. The maximum Gasteiger partial charge on any atom is 0.348 e. The molecule has 0 aromatic carbocycles. The zero-order valence-corrected chi connectivity index (χ0v) is 9.03. The van der Waals surface area contributed by atoms with Crippen LogP contribution in [0.25, 0.3) is 0 Å². The smallest absolute Gasteiger partial charge is 0.348 e. The van der Waals surface area contributed by atoms with E-state index in [4.69, 9.17) is 5.73 Å². The fourth-order valence-corrected chi connectivity index (χ4v) is 2.01. The van der Waals surface area contributed by atoms with Crippen LogP contribution in [0, 0.1) is 0 Å². The second kappa shape index (κ2) is 5.22. The van der Waals surface area contributed by atoms with Gasteiger partial charge in [0.2, 0.25) is 0 Å². The topological polar surface area (TPSA) is 92.8 Å². The summed E-state index contributed by atoms with van der Waals surface area (Å²) in [5.41, 5.74) is 5.21. The van der Waals surface area contributed by atoms with Crippen LogP contribution in [0.4, 0.5) is 0 Å². The molecule has 0 amide bonds. The molecule has 0 aliphatic rings. The maximum atomic E-state index is 11.1. The molecular formula is C9H13NO4S. The second-order valence-corrected chi connectivity index (χ2v) is 4.06. The highest BCUT2D eigenvalue weighted by molar-refractivity contribution is 7.14. The Bertz CT molecular complexity index is 339. The van der Waals surface area contributed by atoms with E-state index >= 15 is 0 Å². The third-order valence-corrected chi connectivity index (χ3v) is 3.05. The number of hydrogen-bond acceptors (Lipinski definition) is 6. The zero-order chi connectivity index (χ0) is 11.4. The third kappa shape index (κ3) is 2.75. The highest BCUT2D eigenvalue weighted by Crippen LogP contribution is 2.25. The van der Waals surface area contributed by atoms with E-state index < -0.39 is 18.2 Å². The van der Waals surface area contributed by atoms with Gasteiger partial charge in [-0.05, 0) is 12.1 Å². The van der Waals surface area contributed by atoms with Crippen molar-refractivity contribution in [2.45, 2.75) is 12.2 Å². The predicted molar refractivity (Wildman–Crippen MR) is 55.7 cm³/mol. The van der Waals surface area contributed by atoms with Gasteiger partial charge in [-0.25, -0.2) is 4.79 Å². The molecule has 0 fully saturated rings. The molecule has 15 heavy (non-hydrogen) atoms. The highest BCUT2D eigenvalue weighted by Gasteiger charge is 2.20. The van der Waals surface area contributed by atoms with Gasteiger partial charge in [0.25, 0.3) is 0 Å². The first-order valence-corrected chi connectivity index (χ1v) is 5.16. The van der Waals surface area contributed by atoms with E-state index in [1.165, 1.54) is 13.2 Å². The summed E-state index contributed by atoms with van der Waals surface area (Å²) in [7, 11) is 1.28. The molecule has 5 nitrogen and oxygen atoms in total. The molecule has 1 aromatic rings. The fraction of sp³-hybridized carbons (Fsp3) is 0.444. The summed E-state index contributed by atoms with van der Waals surface area (Å²) in [5, 5.41) is 18.9. The number of carbonyl (C=O) groups excluding carboxylic acids is 1. The largest absolute Gasteiger partial charge is 0.465 e. The Morgan fingerprint density at radius 3 is 2.80 bits per heavy atom. The maximum absolute atomic E-state index is 11.1. The van der Waals surface area contributed by atoms with Gasteiger partial charge in [0.1, 0.15) is 11.0 Å². The summed E-state index contributed by atoms with van der Waals surface area (Å²) in [6.45, 7) is -0.0351. The average molecular weight is 231 g/mol.